The van der Waals surface area contributed by atoms with Crippen LogP contribution in [0.25, 0.3) is 11.5 Å². The molecule has 2 fully saturated rings. The Bertz CT molecular complexity index is 778. The third-order valence-corrected chi connectivity index (χ3v) is 5.28. The first-order valence-electron chi connectivity index (χ1n) is 8.62. The van der Waals surface area contributed by atoms with Crippen LogP contribution in [0.4, 0.5) is 0 Å². The van der Waals surface area contributed by atoms with Gasteiger partial charge in [0, 0.05) is 37.8 Å². The number of piperazine rings is 1. The van der Waals surface area contributed by atoms with Crippen molar-refractivity contribution in [3.63, 3.8) is 0 Å². The van der Waals surface area contributed by atoms with E-state index in [1.807, 2.05) is 0 Å². The number of benzene rings is 1. The van der Waals surface area contributed by atoms with Gasteiger partial charge in [-0.3, -0.25) is 4.90 Å². The van der Waals surface area contributed by atoms with Gasteiger partial charge in [0.1, 0.15) is 5.75 Å². The molecule has 0 amide bonds. The van der Waals surface area contributed by atoms with Crippen molar-refractivity contribution < 1.29 is 9.15 Å². The molecule has 2 N–H and O–H groups in total. The van der Waals surface area contributed by atoms with Crippen LogP contribution in [0.15, 0.2) is 27.4 Å². The van der Waals surface area contributed by atoms with Gasteiger partial charge in [-0.15, -0.1) is 5.10 Å². The molecule has 2 heterocycles. The fourth-order valence-corrected chi connectivity index (χ4v) is 3.66. The highest BCUT2D eigenvalue weighted by Gasteiger charge is 2.34. The van der Waals surface area contributed by atoms with Gasteiger partial charge in [0.2, 0.25) is 5.89 Å². The number of H-pyrrole nitrogens is 1. The highest BCUT2D eigenvalue weighted by molar-refractivity contribution is 6.32. The first-order chi connectivity index (χ1) is 12.2. The van der Waals surface area contributed by atoms with E-state index in [-0.39, 0.29) is 5.89 Å². The summed E-state index contributed by atoms with van der Waals surface area (Å²) < 4.78 is 10.9. The van der Waals surface area contributed by atoms with Crippen LogP contribution in [0.2, 0.25) is 5.02 Å². The molecule has 1 saturated carbocycles. The molecule has 1 saturated heterocycles. The van der Waals surface area contributed by atoms with Crippen molar-refractivity contribution in [2.24, 2.45) is 5.92 Å². The molecule has 2 aromatic rings. The summed E-state index contributed by atoms with van der Waals surface area (Å²) in [5.41, 5.74) is 0.657. The summed E-state index contributed by atoms with van der Waals surface area (Å²) >= 11 is 6.22. The smallest absolute Gasteiger partial charge is 0.434 e. The Kier molecular flexibility index (Phi) is 4.78. The van der Waals surface area contributed by atoms with Crippen LogP contribution in [0.3, 0.4) is 0 Å². The number of hydrogen-bond donors (Lipinski definition) is 2. The molecule has 4 rings (SSSR count). The summed E-state index contributed by atoms with van der Waals surface area (Å²) in [7, 11) is 0. The van der Waals surface area contributed by atoms with E-state index in [0.29, 0.717) is 34.9 Å². The van der Waals surface area contributed by atoms with E-state index in [4.69, 9.17) is 20.8 Å². The fraction of sp³-hybridized carbons (Fsp3) is 0.529. The number of hydrogen-bond acceptors (Lipinski definition) is 6. The lowest BCUT2D eigenvalue weighted by Crippen LogP contribution is -2.53. The fourth-order valence-electron chi connectivity index (χ4n) is 3.49. The van der Waals surface area contributed by atoms with Gasteiger partial charge in [-0.2, -0.15) is 0 Å². The molecule has 1 aliphatic heterocycles. The summed E-state index contributed by atoms with van der Waals surface area (Å²) in [4.78, 5) is 13.7. The number of nitrogens with zero attached hydrogens (tertiary/aromatic N) is 2. The Balaban J connectivity index is 1.33. The zero-order valence-corrected chi connectivity index (χ0v) is 14.6. The van der Waals surface area contributed by atoms with Gasteiger partial charge in [0.05, 0.1) is 11.6 Å². The lowest BCUT2D eigenvalue weighted by molar-refractivity contribution is 0.0442. The summed E-state index contributed by atoms with van der Waals surface area (Å²) in [5, 5.41) is 10.0. The largest absolute Gasteiger partial charge is 0.492 e. The second-order valence-corrected chi connectivity index (χ2v) is 7.06. The van der Waals surface area contributed by atoms with Crippen LogP contribution in [0.1, 0.15) is 12.8 Å². The SMILES string of the molecule is O=c1[nH]nc(-c2ccc(Cl)c(OCC3CC(N4CCNCC4)C3)c2)o1. The van der Waals surface area contributed by atoms with Gasteiger partial charge in [-0.25, -0.2) is 9.89 Å². The lowest BCUT2D eigenvalue weighted by Gasteiger charge is -2.44. The zero-order chi connectivity index (χ0) is 17.2. The number of rotatable bonds is 5. The predicted octanol–water partition coefficient (Wildman–Crippen LogP) is 1.75. The maximum absolute atomic E-state index is 11.1. The first-order valence-corrected chi connectivity index (χ1v) is 9.00. The Morgan fingerprint density at radius 3 is 2.84 bits per heavy atom. The van der Waals surface area contributed by atoms with E-state index in [9.17, 15) is 4.79 Å². The molecule has 0 bridgehead atoms. The average molecular weight is 365 g/mol. The molecule has 25 heavy (non-hydrogen) atoms. The van der Waals surface area contributed by atoms with Crippen LogP contribution in [-0.2, 0) is 0 Å². The number of halogens is 1. The van der Waals surface area contributed by atoms with Crippen molar-refractivity contribution in [3.05, 3.63) is 33.8 Å². The number of aromatic nitrogens is 2. The molecule has 2 aliphatic rings. The van der Waals surface area contributed by atoms with Crippen molar-refractivity contribution in [2.45, 2.75) is 18.9 Å². The van der Waals surface area contributed by atoms with Gasteiger partial charge in [0.15, 0.2) is 0 Å². The maximum atomic E-state index is 11.1. The first kappa shape index (κ1) is 16.6. The third-order valence-electron chi connectivity index (χ3n) is 4.97. The molecular weight excluding hydrogens is 344 g/mol. The minimum atomic E-state index is -0.583. The monoisotopic (exact) mass is 364 g/mol. The molecule has 0 atom stereocenters. The standard InChI is InChI=1S/C17H21ClN4O3/c18-14-2-1-12(16-20-21-17(23)25-16)9-15(14)24-10-11-7-13(8-11)22-5-3-19-4-6-22/h1-2,9,11,13,19H,3-8,10H2,(H,21,23). The molecular formula is C17H21ClN4O3. The van der Waals surface area contributed by atoms with Gasteiger partial charge < -0.3 is 14.5 Å². The molecule has 134 valence electrons. The molecule has 1 aromatic carbocycles. The van der Waals surface area contributed by atoms with Crippen molar-refractivity contribution >= 4 is 11.6 Å². The molecule has 8 heteroatoms. The summed E-state index contributed by atoms with van der Waals surface area (Å²) in [6.07, 6.45) is 2.34. The quantitative estimate of drug-likeness (QED) is 0.841. The third kappa shape index (κ3) is 3.73. The molecule has 0 spiro atoms. The van der Waals surface area contributed by atoms with E-state index >= 15 is 0 Å². The van der Waals surface area contributed by atoms with Crippen molar-refractivity contribution in [2.75, 3.05) is 32.8 Å². The molecule has 1 aliphatic carbocycles. The Morgan fingerprint density at radius 1 is 1.32 bits per heavy atom. The molecule has 7 nitrogen and oxygen atoms in total. The predicted molar refractivity (Wildman–Crippen MR) is 94.0 cm³/mol. The molecule has 0 radical (unpaired) electrons. The van der Waals surface area contributed by atoms with Gasteiger partial charge in [-0.1, -0.05) is 11.6 Å². The second kappa shape index (κ2) is 7.19. The van der Waals surface area contributed by atoms with Crippen LogP contribution in [-0.4, -0.2) is 53.9 Å². The minimum absolute atomic E-state index is 0.230. The minimum Gasteiger partial charge on any atom is -0.492 e. The van der Waals surface area contributed by atoms with Gasteiger partial charge in [-0.05, 0) is 37.0 Å². The summed E-state index contributed by atoms with van der Waals surface area (Å²) in [5.74, 6) is 0.799. The van der Waals surface area contributed by atoms with Crippen molar-refractivity contribution in [1.29, 1.82) is 0 Å². The van der Waals surface area contributed by atoms with Gasteiger partial charge in [0.25, 0.3) is 0 Å². The zero-order valence-electron chi connectivity index (χ0n) is 13.8. The number of ether oxygens (including phenoxy) is 1. The van der Waals surface area contributed by atoms with Crippen molar-refractivity contribution in [1.82, 2.24) is 20.4 Å². The van der Waals surface area contributed by atoms with Crippen LogP contribution >= 0.6 is 11.6 Å². The lowest BCUT2D eigenvalue weighted by atomic mass is 9.79. The number of nitrogens with one attached hydrogen (secondary N) is 2. The second-order valence-electron chi connectivity index (χ2n) is 6.65. The average Bonchev–Trinajstić information content (AvgIpc) is 3.02. The van der Waals surface area contributed by atoms with E-state index in [1.165, 1.54) is 12.8 Å². The van der Waals surface area contributed by atoms with E-state index in [2.05, 4.69) is 20.4 Å². The molecule has 0 unspecified atom stereocenters. The van der Waals surface area contributed by atoms with E-state index in [0.717, 1.165) is 26.2 Å². The normalized spacial score (nSPS) is 24.0. The maximum Gasteiger partial charge on any atom is 0.434 e. The summed E-state index contributed by atoms with van der Waals surface area (Å²) in [6.45, 7) is 5.10. The van der Waals surface area contributed by atoms with Crippen LogP contribution in [0, 0.1) is 5.92 Å². The Morgan fingerprint density at radius 2 is 2.12 bits per heavy atom. The van der Waals surface area contributed by atoms with E-state index in [1.54, 1.807) is 18.2 Å². The Labute approximate surface area is 150 Å². The van der Waals surface area contributed by atoms with E-state index < -0.39 is 5.76 Å². The van der Waals surface area contributed by atoms with Crippen LogP contribution in [0.5, 0.6) is 5.75 Å². The Hall–Kier alpha value is -1.83. The number of aromatic amines is 1. The van der Waals surface area contributed by atoms with Crippen molar-refractivity contribution in [3.8, 4) is 17.2 Å². The van der Waals surface area contributed by atoms with Gasteiger partial charge >= 0.3 is 5.76 Å². The topological polar surface area (TPSA) is 83.4 Å². The highest BCUT2D eigenvalue weighted by atomic mass is 35.5. The van der Waals surface area contributed by atoms with Crippen LogP contribution < -0.4 is 15.8 Å². The summed E-state index contributed by atoms with van der Waals surface area (Å²) in [6, 6.07) is 5.92. The highest BCUT2D eigenvalue weighted by Crippen LogP contribution is 2.34. The molecule has 1 aromatic heterocycles.